The van der Waals surface area contributed by atoms with E-state index < -0.39 is 17.5 Å². The molecule has 1 aromatic carbocycles. The maximum absolute atomic E-state index is 13.7. The lowest BCUT2D eigenvalue weighted by molar-refractivity contribution is 0.0773. The zero-order chi connectivity index (χ0) is 16.4. The molecule has 0 radical (unpaired) electrons. The average molecular weight is 334 g/mol. The Morgan fingerprint density at radius 2 is 2.13 bits per heavy atom. The first-order valence-electron chi connectivity index (χ1n) is 6.74. The van der Waals surface area contributed by atoms with Gasteiger partial charge in [-0.05, 0) is 17.5 Å². The smallest absolute Gasteiger partial charge is 0.276 e. The number of benzene rings is 1. The zero-order valence-electron chi connectivity index (χ0n) is 12.1. The number of hydrogen-bond donors (Lipinski definition) is 0. The fourth-order valence-corrected chi connectivity index (χ4v) is 2.76. The van der Waals surface area contributed by atoms with E-state index in [2.05, 4.69) is 5.16 Å². The SMILES string of the molecule is CN(Cc1ccc(F)cc1F)C(=O)c1cc(-c2cccs2)on1. The quantitative estimate of drug-likeness (QED) is 0.726. The number of hydrogen-bond acceptors (Lipinski definition) is 4. The van der Waals surface area contributed by atoms with Crippen molar-refractivity contribution in [3.63, 3.8) is 0 Å². The topological polar surface area (TPSA) is 46.3 Å². The van der Waals surface area contributed by atoms with Crippen molar-refractivity contribution in [2.24, 2.45) is 0 Å². The highest BCUT2D eigenvalue weighted by Crippen LogP contribution is 2.25. The van der Waals surface area contributed by atoms with Gasteiger partial charge in [0.2, 0.25) is 0 Å². The van der Waals surface area contributed by atoms with E-state index in [4.69, 9.17) is 4.52 Å². The summed E-state index contributed by atoms with van der Waals surface area (Å²) < 4.78 is 31.7. The van der Waals surface area contributed by atoms with Crippen LogP contribution in [0.15, 0.2) is 46.3 Å². The highest BCUT2D eigenvalue weighted by Gasteiger charge is 2.19. The molecule has 1 amide bonds. The van der Waals surface area contributed by atoms with E-state index in [1.807, 2.05) is 17.5 Å². The summed E-state index contributed by atoms with van der Waals surface area (Å²) in [4.78, 5) is 14.5. The van der Waals surface area contributed by atoms with Gasteiger partial charge in [0.15, 0.2) is 11.5 Å². The summed E-state index contributed by atoms with van der Waals surface area (Å²) in [5.41, 5.74) is 0.364. The van der Waals surface area contributed by atoms with E-state index in [9.17, 15) is 13.6 Å². The first-order valence-corrected chi connectivity index (χ1v) is 7.62. The van der Waals surface area contributed by atoms with Crippen molar-refractivity contribution in [1.82, 2.24) is 10.1 Å². The fraction of sp³-hybridized carbons (Fsp3) is 0.125. The Morgan fingerprint density at radius 1 is 1.30 bits per heavy atom. The summed E-state index contributed by atoms with van der Waals surface area (Å²) in [6.07, 6.45) is 0. The Hall–Kier alpha value is -2.54. The van der Waals surface area contributed by atoms with Crippen LogP contribution in [0.3, 0.4) is 0 Å². The third-order valence-electron chi connectivity index (χ3n) is 3.26. The molecule has 4 nitrogen and oxygen atoms in total. The Balaban J connectivity index is 1.75. The lowest BCUT2D eigenvalue weighted by atomic mass is 10.2. The average Bonchev–Trinajstić information content (AvgIpc) is 3.19. The molecule has 0 bridgehead atoms. The van der Waals surface area contributed by atoms with Gasteiger partial charge in [0, 0.05) is 31.3 Å². The van der Waals surface area contributed by atoms with E-state index in [1.54, 1.807) is 6.07 Å². The lowest BCUT2D eigenvalue weighted by Gasteiger charge is -2.16. The summed E-state index contributed by atoms with van der Waals surface area (Å²) >= 11 is 1.47. The van der Waals surface area contributed by atoms with Crippen LogP contribution in [-0.2, 0) is 6.54 Å². The van der Waals surface area contributed by atoms with E-state index in [-0.39, 0.29) is 17.8 Å². The molecule has 0 spiro atoms. The molecule has 0 atom stereocenters. The maximum Gasteiger partial charge on any atom is 0.276 e. The van der Waals surface area contributed by atoms with Crippen molar-refractivity contribution in [2.75, 3.05) is 7.05 Å². The number of rotatable bonds is 4. The van der Waals surface area contributed by atoms with Gasteiger partial charge < -0.3 is 9.42 Å². The van der Waals surface area contributed by atoms with E-state index in [0.29, 0.717) is 5.76 Å². The van der Waals surface area contributed by atoms with Crippen molar-refractivity contribution < 1.29 is 18.1 Å². The molecule has 23 heavy (non-hydrogen) atoms. The van der Waals surface area contributed by atoms with Gasteiger partial charge in [0.05, 0.1) is 4.88 Å². The van der Waals surface area contributed by atoms with Crippen molar-refractivity contribution >= 4 is 17.2 Å². The van der Waals surface area contributed by atoms with E-state index in [1.165, 1.54) is 29.4 Å². The minimum Gasteiger partial charge on any atom is -0.355 e. The maximum atomic E-state index is 13.7. The fourth-order valence-electron chi connectivity index (χ4n) is 2.08. The van der Waals surface area contributed by atoms with Gasteiger partial charge >= 0.3 is 0 Å². The van der Waals surface area contributed by atoms with E-state index in [0.717, 1.165) is 17.0 Å². The van der Waals surface area contributed by atoms with Crippen LogP contribution in [0.2, 0.25) is 0 Å². The number of halogens is 2. The highest BCUT2D eigenvalue weighted by atomic mass is 32.1. The van der Waals surface area contributed by atoms with Gasteiger partial charge in [0.1, 0.15) is 11.6 Å². The normalized spacial score (nSPS) is 10.7. The molecule has 0 saturated carbocycles. The molecule has 0 unspecified atom stereocenters. The number of thiophene rings is 1. The summed E-state index contributed by atoms with van der Waals surface area (Å²) in [7, 11) is 1.52. The Morgan fingerprint density at radius 3 is 2.83 bits per heavy atom. The van der Waals surface area contributed by atoms with E-state index >= 15 is 0 Å². The second kappa shape index (κ2) is 6.29. The number of carbonyl (C=O) groups is 1. The molecule has 0 aliphatic carbocycles. The number of carbonyl (C=O) groups excluding carboxylic acids is 1. The molecule has 2 heterocycles. The van der Waals surface area contributed by atoms with Gasteiger partial charge in [-0.25, -0.2) is 8.78 Å². The number of amides is 1. The first kappa shape index (κ1) is 15.4. The minimum absolute atomic E-state index is 0.00609. The number of nitrogens with zero attached hydrogens (tertiary/aromatic N) is 2. The van der Waals surface area contributed by atoms with Crippen LogP contribution in [0.5, 0.6) is 0 Å². The molecular formula is C16H12F2N2O2S. The summed E-state index contributed by atoms with van der Waals surface area (Å²) in [5, 5.41) is 5.65. The Bertz CT molecular complexity index is 830. The molecule has 0 saturated heterocycles. The summed E-state index contributed by atoms with van der Waals surface area (Å²) in [6, 6.07) is 8.53. The highest BCUT2D eigenvalue weighted by molar-refractivity contribution is 7.13. The van der Waals surface area contributed by atoms with Crippen molar-refractivity contribution in [3.05, 3.63) is 64.7 Å². The third-order valence-corrected chi connectivity index (χ3v) is 4.15. The van der Waals surface area contributed by atoms with Crippen LogP contribution < -0.4 is 0 Å². The first-order chi connectivity index (χ1) is 11.0. The Labute approximate surface area is 134 Å². The largest absolute Gasteiger partial charge is 0.355 e. The van der Waals surface area contributed by atoms with Crippen molar-refractivity contribution in [1.29, 1.82) is 0 Å². The monoisotopic (exact) mass is 334 g/mol. The second-order valence-corrected chi connectivity index (χ2v) is 5.90. The van der Waals surface area contributed by atoms with Crippen LogP contribution in [0.25, 0.3) is 10.6 Å². The molecule has 3 aromatic rings. The number of aromatic nitrogens is 1. The van der Waals surface area contributed by atoms with Crippen LogP contribution in [0.1, 0.15) is 16.1 Å². The van der Waals surface area contributed by atoms with Crippen molar-refractivity contribution in [2.45, 2.75) is 6.54 Å². The molecule has 3 rings (SSSR count). The van der Waals surface area contributed by atoms with Gasteiger partial charge in [0.25, 0.3) is 5.91 Å². The van der Waals surface area contributed by atoms with Gasteiger partial charge in [-0.2, -0.15) is 0 Å². The molecule has 0 fully saturated rings. The standard InChI is InChI=1S/C16H12F2N2O2S/c1-20(9-10-4-5-11(17)7-12(10)18)16(21)13-8-14(22-19-13)15-3-2-6-23-15/h2-8H,9H2,1H3. The third kappa shape index (κ3) is 3.29. The molecule has 118 valence electrons. The Kier molecular flexibility index (Phi) is 4.20. The van der Waals surface area contributed by atoms with Crippen LogP contribution in [0, 0.1) is 11.6 Å². The molecule has 0 aliphatic heterocycles. The predicted octanol–water partition coefficient (Wildman–Crippen LogP) is 3.95. The molecule has 2 aromatic heterocycles. The predicted molar refractivity (Wildman–Crippen MR) is 82.0 cm³/mol. The molecule has 0 aliphatic rings. The molecule has 0 N–H and O–H groups in total. The second-order valence-electron chi connectivity index (χ2n) is 4.95. The summed E-state index contributed by atoms with van der Waals surface area (Å²) in [6.45, 7) is 0.00609. The molecular weight excluding hydrogens is 322 g/mol. The van der Waals surface area contributed by atoms with Gasteiger partial charge in [-0.3, -0.25) is 4.79 Å². The summed E-state index contributed by atoms with van der Waals surface area (Å²) in [5.74, 6) is -1.24. The van der Waals surface area contributed by atoms with Gasteiger partial charge in [-0.15, -0.1) is 11.3 Å². The minimum atomic E-state index is -0.691. The van der Waals surface area contributed by atoms with Gasteiger partial charge in [-0.1, -0.05) is 17.3 Å². The molecule has 7 heteroatoms. The van der Waals surface area contributed by atoms with Crippen LogP contribution in [0.4, 0.5) is 8.78 Å². The van der Waals surface area contributed by atoms with Crippen LogP contribution in [-0.4, -0.2) is 23.0 Å². The van der Waals surface area contributed by atoms with Crippen molar-refractivity contribution in [3.8, 4) is 10.6 Å². The zero-order valence-corrected chi connectivity index (χ0v) is 12.9. The lowest BCUT2D eigenvalue weighted by Crippen LogP contribution is -2.26. The van der Waals surface area contributed by atoms with Crippen LogP contribution >= 0.6 is 11.3 Å².